The van der Waals surface area contributed by atoms with E-state index < -0.39 is 17.7 Å². The van der Waals surface area contributed by atoms with E-state index in [1.165, 1.54) is 12.8 Å². The van der Waals surface area contributed by atoms with Crippen LogP contribution < -0.4 is 24.8 Å². The van der Waals surface area contributed by atoms with Crippen molar-refractivity contribution in [1.29, 1.82) is 0 Å². The number of unbranched alkanes of at least 4 members (excludes halogenated alkanes) is 12. The van der Waals surface area contributed by atoms with Crippen molar-refractivity contribution in [2.45, 2.75) is 155 Å². The summed E-state index contributed by atoms with van der Waals surface area (Å²) in [6.07, 6.45) is 19.0. The van der Waals surface area contributed by atoms with Gasteiger partial charge in [0.25, 0.3) is 11.8 Å². The number of para-hydroxylation sites is 4. The van der Waals surface area contributed by atoms with Gasteiger partial charge in [0.2, 0.25) is 18.7 Å². The van der Waals surface area contributed by atoms with Crippen LogP contribution in [0.3, 0.4) is 0 Å². The molecule has 4 heterocycles. The quantitative estimate of drug-likeness (QED) is 0.0415. The molecule has 13 heteroatoms. The molecule has 0 fully saturated rings. The Balaban J connectivity index is 1.30. The molecule has 2 aliphatic heterocycles. The molecule has 8 rings (SSSR count). The average Bonchev–Trinajstić information content (AvgIpc) is 3.94. The molecule has 2 amide bonds. The van der Waals surface area contributed by atoms with Gasteiger partial charge in [-0.3, -0.25) is 20.2 Å². The smallest absolute Gasteiger partial charge is 0.265 e. The molecule has 6 aromatic rings. The van der Waals surface area contributed by atoms with E-state index in [9.17, 15) is 9.90 Å². The van der Waals surface area contributed by atoms with Gasteiger partial charge in [0.05, 0.1) is 28.7 Å². The molecule has 0 radical (unpaired) electrons. The summed E-state index contributed by atoms with van der Waals surface area (Å²) in [5.74, 6) is 0.143. The van der Waals surface area contributed by atoms with Crippen LogP contribution in [0, 0.1) is 0 Å². The highest BCUT2D eigenvalue weighted by atomic mass is 16.7. The number of phenols is 1. The van der Waals surface area contributed by atoms with E-state index in [1.54, 1.807) is 0 Å². The molecule has 0 saturated carbocycles. The minimum Gasteiger partial charge on any atom is -0.507 e. The number of aromatic nitrogens is 4. The number of hydrogen-bond donors (Lipinski definition) is 5. The van der Waals surface area contributed by atoms with Gasteiger partial charge in [-0.25, -0.2) is 9.97 Å². The number of fused-ring (bicyclic) bond motifs is 5. The molecule has 2 aromatic heterocycles. The molecule has 68 heavy (non-hydrogen) atoms. The summed E-state index contributed by atoms with van der Waals surface area (Å²) in [7, 11) is 0. The zero-order valence-electron chi connectivity index (χ0n) is 40.3. The van der Waals surface area contributed by atoms with Crippen LogP contribution in [0.2, 0.25) is 0 Å². The van der Waals surface area contributed by atoms with E-state index in [1.807, 2.05) is 48.5 Å². The van der Waals surface area contributed by atoms with E-state index in [4.69, 9.17) is 23.9 Å². The Kier molecular flexibility index (Phi) is 16.9. The van der Waals surface area contributed by atoms with Crippen molar-refractivity contribution in [3.8, 4) is 23.0 Å². The Bertz CT molecular complexity index is 2570. The Hall–Kier alpha value is -6.08. The lowest BCUT2D eigenvalue weighted by Crippen LogP contribution is -2.25. The number of amides is 2. The van der Waals surface area contributed by atoms with Gasteiger partial charge in [0.15, 0.2) is 6.79 Å². The number of aromatic hydroxyl groups is 1. The first-order valence-electron chi connectivity index (χ1n) is 25.5. The van der Waals surface area contributed by atoms with Gasteiger partial charge in [-0.15, -0.1) is 0 Å². The number of anilines is 2. The Morgan fingerprint density at radius 1 is 0.618 bits per heavy atom. The summed E-state index contributed by atoms with van der Waals surface area (Å²) >= 11 is 0. The maximum absolute atomic E-state index is 15.1. The van der Waals surface area contributed by atoms with Crippen molar-refractivity contribution in [3.05, 3.63) is 94.0 Å². The van der Waals surface area contributed by atoms with Crippen LogP contribution in [0.4, 0.5) is 11.9 Å². The molecule has 0 spiro atoms. The molecular formula is C55H70N6O7. The lowest BCUT2D eigenvalue weighted by Gasteiger charge is -2.33. The number of aryl methyl sites for hydroxylation is 1. The first kappa shape index (κ1) is 48.4. The number of phenolic OH excluding ortho intramolecular Hbond substituents is 1. The monoisotopic (exact) mass is 927 g/mol. The predicted molar refractivity (Wildman–Crippen MR) is 269 cm³/mol. The number of benzene rings is 4. The largest absolute Gasteiger partial charge is 0.507 e. The number of rotatable bonds is 22. The Morgan fingerprint density at radius 2 is 1.13 bits per heavy atom. The molecule has 4 aromatic carbocycles. The van der Waals surface area contributed by atoms with Gasteiger partial charge in [-0.1, -0.05) is 135 Å². The molecule has 2 unspecified atom stereocenters. The van der Waals surface area contributed by atoms with E-state index in [0.29, 0.717) is 48.0 Å². The summed E-state index contributed by atoms with van der Waals surface area (Å²) in [5, 5.41) is 18.3. The van der Waals surface area contributed by atoms with Crippen LogP contribution in [-0.2, 0) is 11.2 Å². The van der Waals surface area contributed by atoms with Gasteiger partial charge in [-0.2, -0.15) is 0 Å². The van der Waals surface area contributed by atoms with Gasteiger partial charge in [-0.05, 0) is 85.5 Å². The van der Waals surface area contributed by atoms with Crippen molar-refractivity contribution in [2.24, 2.45) is 0 Å². The van der Waals surface area contributed by atoms with Crippen molar-refractivity contribution < 1.29 is 33.6 Å². The fourth-order valence-electron chi connectivity index (χ4n) is 10.0. The van der Waals surface area contributed by atoms with E-state index in [0.717, 1.165) is 130 Å². The van der Waals surface area contributed by atoms with Gasteiger partial charge < -0.3 is 34.0 Å². The number of nitrogens with one attached hydrogen (secondary N) is 4. The Labute approximate surface area is 400 Å². The third-order valence-electron chi connectivity index (χ3n) is 13.6. The van der Waals surface area contributed by atoms with E-state index in [2.05, 4.69) is 58.5 Å². The fraction of sp³-hybridized carbons (Fsp3) is 0.491. The molecule has 13 nitrogen and oxygen atoms in total. The third kappa shape index (κ3) is 11.4. The van der Waals surface area contributed by atoms with Gasteiger partial charge in [0, 0.05) is 17.0 Å². The molecule has 362 valence electrons. The molecule has 2 aliphatic rings. The van der Waals surface area contributed by atoms with Crippen molar-refractivity contribution in [1.82, 2.24) is 19.9 Å². The summed E-state index contributed by atoms with van der Waals surface area (Å²) in [4.78, 5) is 45.7. The third-order valence-corrected chi connectivity index (χ3v) is 13.6. The number of hydrogen-bond acceptors (Lipinski definition) is 9. The number of ether oxygens (including phenoxy) is 4. The number of carbonyl (C=O) groups excluding carboxylic acids is 2. The van der Waals surface area contributed by atoms with Crippen LogP contribution in [0.5, 0.6) is 23.0 Å². The average molecular weight is 927 g/mol. The Morgan fingerprint density at radius 3 is 1.75 bits per heavy atom. The van der Waals surface area contributed by atoms with Crippen molar-refractivity contribution >= 4 is 45.8 Å². The first-order chi connectivity index (χ1) is 33.4. The predicted octanol–water partition coefficient (Wildman–Crippen LogP) is 13.6. The number of carbonyl (C=O) groups is 2. The van der Waals surface area contributed by atoms with E-state index >= 15 is 4.79 Å². The van der Waals surface area contributed by atoms with Crippen LogP contribution in [0.1, 0.15) is 191 Å². The fourth-order valence-corrected chi connectivity index (χ4v) is 10.0. The lowest BCUT2D eigenvalue weighted by molar-refractivity contribution is 0.00420. The lowest BCUT2D eigenvalue weighted by atomic mass is 9.79. The molecule has 2 atom stereocenters. The summed E-state index contributed by atoms with van der Waals surface area (Å²) < 4.78 is 25.8. The second kappa shape index (κ2) is 23.8. The topological polar surface area (TPSA) is 173 Å². The molecule has 0 bridgehead atoms. The normalized spacial score (nSPS) is 15.7. The van der Waals surface area contributed by atoms with E-state index in [-0.39, 0.29) is 48.1 Å². The standard InChI is InChI=1S/C55H70N6O7/c1-4-7-10-13-16-23-36-30-31-65-34-66-49-39(36)33-41-38(25-18-15-12-9-6-3)40-32-37(24-17-14-11-8-5-2)48(62)46(52(63)60-54-56-42-26-19-20-27-43(42)57-54)50(40)67-35-68-51(41)47(49)53(64)61-55-58-44-28-21-22-29-45(44)59-55/h19-22,26-29,32-33,36,38,62H,4-18,23-25,30-31,34-35H2,1-3H3,(H2,56,57,60,63)(H2,58,59,61,64). The number of nitrogens with zero attached hydrogens (tertiary/aromatic N) is 2. The summed E-state index contributed by atoms with van der Waals surface area (Å²) in [5.41, 5.74) is 6.50. The zero-order chi connectivity index (χ0) is 47.2. The number of H-pyrrole nitrogens is 2. The molecular weight excluding hydrogens is 857 g/mol. The number of aromatic amines is 2. The highest BCUT2D eigenvalue weighted by molar-refractivity contribution is 6.10. The molecule has 5 N–H and O–H groups in total. The summed E-state index contributed by atoms with van der Waals surface area (Å²) in [6, 6.07) is 19.5. The van der Waals surface area contributed by atoms with Crippen LogP contribution in [-0.4, -0.2) is 57.0 Å². The number of imidazole rings is 2. The highest BCUT2D eigenvalue weighted by Gasteiger charge is 2.37. The van der Waals surface area contributed by atoms with Gasteiger partial charge >= 0.3 is 0 Å². The van der Waals surface area contributed by atoms with Crippen LogP contribution in [0.15, 0.2) is 60.7 Å². The minimum atomic E-state index is -0.547. The zero-order valence-corrected chi connectivity index (χ0v) is 40.3. The van der Waals surface area contributed by atoms with Crippen LogP contribution >= 0.6 is 0 Å². The first-order valence-corrected chi connectivity index (χ1v) is 25.5. The maximum Gasteiger partial charge on any atom is 0.265 e. The molecule has 0 aliphatic carbocycles. The van der Waals surface area contributed by atoms with Gasteiger partial charge in [0.1, 0.15) is 34.1 Å². The summed E-state index contributed by atoms with van der Waals surface area (Å²) in [6.45, 7) is 6.78. The van der Waals surface area contributed by atoms with Crippen LogP contribution in [0.25, 0.3) is 22.1 Å². The van der Waals surface area contributed by atoms with Crippen molar-refractivity contribution in [3.63, 3.8) is 0 Å². The second-order valence-corrected chi connectivity index (χ2v) is 18.6. The maximum atomic E-state index is 15.1. The van der Waals surface area contributed by atoms with Crippen molar-refractivity contribution in [2.75, 3.05) is 30.8 Å². The second-order valence-electron chi connectivity index (χ2n) is 18.6. The minimum absolute atomic E-state index is 0.0231. The highest BCUT2D eigenvalue weighted by Crippen LogP contribution is 2.51. The molecule has 0 saturated heterocycles. The SMILES string of the molecule is CCCCCCCc1cc2c(c(C(=O)Nc3nc4ccccc4[nH]3)c1O)OCOc1c(cc3c(c1C(=O)Nc1nc4ccccc4[nH]1)OCOCCC3CCCCCCC)C2CCCCCCC.